The molecule has 0 spiro atoms. The third-order valence-corrected chi connectivity index (χ3v) is 4.43. The summed E-state index contributed by atoms with van der Waals surface area (Å²) in [5, 5.41) is 3.39. The van der Waals surface area contributed by atoms with Crippen LogP contribution in [0.2, 0.25) is 5.02 Å². The first-order chi connectivity index (χ1) is 10.1. The van der Waals surface area contributed by atoms with Gasteiger partial charge in [0.25, 0.3) is 0 Å². The molecule has 0 atom stereocenters. The molecule has 0 bridgehead atoms. The predicted molar refractivity (Wildman–Crippen MR) is 87.8 cm³/mol. The number of ketones is 1. The lowest BCUT2D eigenvalue weighted by molar-refractivity contribution is 0.0923. The van der Waals surface area contributed by atoms with E-state index in [0.29, 0.717) is 16.3 Å². The largest absolute Gasteiger partial charge is 0.485 e. The van der Waals surface area contributed by atoms with Crippen molar-refractivity contribution in [3.63, 3.8) is 0 Å². The normalized spacial score (nSPS) is 10.8. The average molecular weight is 317 g/mol. The minimum absolute atomic E-state index is 0.0292. The number of thiophene rings is 1. The van der Waals surface area contributed by atoms with Gasteiger partial charge in [0.2, 0.25) is 5.78 Å². The van der Waals surface area contributed by atoms with E-state index in [2.05, 4.69) is 0 Å². The number of benzene rings is 2. The quantitative estimate of drug-likeness (QED) is 0.624. The summed E-state index contributed by atoms with van der Waals surface area (Å²) in [7, 11) is 0. The Labute approximate surface area is 131 Å². The molecule has 4 heteroatoms. The molecule has 1 aromatic heterocycles. The van der Waals surface area contributed by atoms with Gasteiger partial charge in [-0.05, 0) is 37.3 Å². The second-order valence-electron chi connectivity index (χ2n) is 4.81. The molecule has 0 fully saturated rings. The van der Waals surface area contributed by atoms with Gasteiger partial charge in [-0.2, -0.15) is 0 Å². The Morgan fingerprint density at radius 1 is 1.19 bits per heavy atom. The SMILES string of the molecule is Cc1ccc(OCC(=O)c2csc3ccc(Cl)cc23)cc1. The molecule has 3 rings (SSSR count). The maximum Gasteiger partial charge on any atom is 0.201 e. The molecule has 2 aromatic carbocycles. The molecule has 0 aliphatic rings. The highest BCUT2D eigenvalue weighted by molar-refractivity contribution is 7.17. The van der Waals surface area contributed by atoms with Crippen molar-refractivity contribution in [2.75, 3.05) is 6.61 Å². The van der Waals surface area contributed by atoms with Gasteiger partial charge in [-0.1, -0.05) is 29.3 Å². The zero-order valence-electron chi connectivity index (χ0n) is 11.4. The van der Waals surface area contributed by atoms with E-state index in [-0.39, 0.29) is 12.4 Å². The number of aryl methyl sites for hydroxylation is 1. The molecule has 0 saturated carbocycles. The first-order valence-electron chi connectivity index (χ1n) is 6.53. The van der Waals surface area contributed by atoms with Gasteiger partial charge in [-0.3, -0.25) is 4.79 Å². The Morgan fingerprint density at radius 2 is 1.95 bits per heavy atom. The van der Waals surface area contributed by atoms with Crippen molar-refractivity contribution in [2.45, 2.75) is 6.92 Å². The molecular formula is C17H13ClO2S. The van der Waals surface area contributed by atoms with Gasteiger partial charge >= 0.3 is 0 Å². The number of hydrogen-bond donors (Lipinski definition) is 0. The lowest BCUT2D eigenvalue weighted by atomic mass is 10.1. The number of ether oxygens (including phenoxy) is 1. The number of Topliss-reactive ketones (excluding diaryl/α,β-unsaturated/α-hetero) is 1. The van der Waals surface area contributed by atoms with Crippen LogP contribution in [0.4, 0.5) is 0 Å². The van der Waals surface area contributed by atoms with Crippen molar-refractivity contribution in [1.82, 2.24) is 0 Å². The fourth-order valence-electron chi connectivity index (χ4n) is 2.08. The standard InChI is InChI=1S/C17H13ClO2S/c1-11-2-5-13(6-3-11)20-9-16(19)15-10-21-17-7-4-12(18)8-14(15)17/h2-8,10H,9H2,1H3. The van der Waals surface area contributed by atoms with Crippen LogP contribution in [0.1, 0.15) is 15.9 Å². The van der Waals surface area contributed by atoms with E-state index in [1.54, 1.807) is 0 Å². The van der Waals surface area contributed by atoms with Crippen molar-refractivity contribution in [3.8, 4) is 5.75 Å². The monoisotopic (exact) mass is 316 g/mol. The molecular weight excluding hydrogens is 304 g/mol. The Kier molecular flexibility index (Phi) is 3.95. The molecule has 0 radical (unpaired) electrons. The Morgan fingerprint density at radius 3 is 2.71 bits per heavy atom. The highest BCUT2D eigenvalue weighted by Gasteiger charge is 2.13. The smallest absolute Gasteiger partial charge is 0.201 e. The Hall–Kier alpha value is -1.84. The summed E-state index contributed by atoms with van der Waals surface area (Å²) in [4.78, 5) is 12.3. The Balaban J connectivity index is 1.78. The highest BCUT2D eigenvalue weighted by Crippen LogP contribution is 2.29. The number of hydrogen-bond acceptors (Lipinski definition) is 3. The van der Waals surface area contributed by atoms with Crippen LogP contribution in [-0.4, -0.2) is 12.4 Å². The molecule has 0 aliphatic heterocycles. The zero-order chi connectivity index (χ0) is 14.8. The van der Waals surface area contributed by atoms with Crippen LogP contribution >= 0.6 is 22.9 Å². The summed E-state index contributed by atoms with van der Waals surface area (Å²) in [5.41, 5.74) is 1.83. The molecule has 3 aromatic rings. The minimum Gasteiger partial charge on any atom is -0.485 e. The van der Waals surface area contributed by atoms with Crippen LogP contribution in [0, 0.1) is 6.92 Å². The van der Waals surface area contributed by atoms with Crippen LogP contribution in [0.5, 0.6) is 5.75 Å². The van der Waals surface area contributed by atoms with Crippen molar-refractivity contribution < 1.29 is 9.53 Å². The van der Waals surface area contributed by atoms with Gasteiger partial charge in [-0.15, -0.1) is 11.3 Å². The van der Waals surface area contributed by atoms with Crippen molar-refractivity contribution in [1.29, 1.82) is 0 Å². The molecule has 106 valence electrons. The summed E-state index contributed by atoms with van der Waals surface area (Å²) in [6.45, 7) is 2.04. The predicted octanol–water partition coefficient (Wildman–Crippen LogP) is 5.12. The molecule has 0 aliphatic carbocycles. The number of carbonyl (C=O) groups is 1. The second kappa shape index (κ2) is 5.88. The molecule has 0 amide bonds. The Bertz CT molecular complexity index is 790. The minimum atomic E-state index is -0.0379. The van der Waals surface area contributed by atoms with Gasteiger partial charge in [0.05, 0.1) is 0 Å². The number of carbonyl (C=O) groups excluding carboxylic acids is 1. The van der Waals surface area contributed by atoms with E-state index in [0.717, 1.165) is 15.6 Å². The molecule has 1 heterocycles. The summed E-state index contributed by atoms with van der Waals surface area (Å²) in [6, 6.07) is 13.2. The number of halogens is 1. The maximum absolute atomic E-state index is 12.3. The van der Waals surface area contributed by atoms with E-state index in [9.17, 15) is 4.79 Å². The summed E-state index contributed by atoms with van der Waals surface area (Å²) in [6.07, 6.45) is 0. The van der Waals surface area contributed by atoms with E-state index in [1.165, 1.54) is 11.3 Å². The van der Waals surface area contributed by atoms with Crippen molar-refractivity contribution in [2.24, 2.45) is 0 Å². The third kappa shape index (κ3) is 3.09. The van der Waals surface area contributed by atoms with Gasteiger partial charge < -0.3 is 4.74 Å². The third-order valence-electron chi connectivity index (χ3n) is 3.23. The van der Waals surface area contributed by atoms with Gasteiger partial charge in [0.1, 0.15) is 5.75 Å². The van der Waals surface area contributed by atoms with Crippen LogP contribution in [0.3, 0.4) is 0 Å². The van der Waals surface area contributed by atoms with E-state index in [4.69, 9.17) is 16.3 Å². The molecule has 0 N–H and O–H groups in total. The van der Waals surface area contributed by atoms with Crippen LogP contribution in [0.15, 0.2) is 47.8 Å². The van der Waals surface area contributed by atoms with E-state index < -0.39 is 0 Å². The summed E-state index contributed by atoms with van der Waals surface area (Å²) < 4.78 is 6.60. The average Bonchev–Trinajstić information content (AvgIpc) is 2.89. The van der Waals surface area contributed by atoms with Crippen LogP contribution < -0.4 is 4.74 Å². The summed E-state index contributed by atoms with van der Waals surface area (Å²) >= 11 is 7.54. The van der Waals surface area contributed by atoms with E-state index in [1.807, 2.05) is 54.8 Å². The van der Waals surface area contributed by atoms with E-state index >= 15 is 0 Å². The molecule has 2 nitrogen and oxygen atoms in total. The van der Waals surface area contributed by atoms with Crippen molar-refractivity contribution >= 4 is 38.8 Å². The lowest BCUT2D eigenvalue weighted by Crippen LogP contribution is -2.11. The lowest BCUT2D eigenvalue weighted by Gasteiger charge is -2.05. The number of rotatable bonds is 4. The van der Waals surface area contributed by atoms with Crippen LogP contribution in [0.25, 0.3) is 10.1 Å². The maximum atomic E-state index is 12.3. The number of fused-ring (bicyclic) bond motifs is 1. The topological polar surface area (TPSA) is 26.3 Å². The fraction of sp³-hybridized carbons (Fsp3) is 0.118. The van der Waals surface area contributed by atoms with Crippen molar-refractivity contribution in [3.05, 3.63) is 64.0 Å². The zero-order valence-corrected chi connectivity index (χ0v) is 13.0. The molecule has 0 saturated heterocycles. The van der Waals surface area contributed by atoms with Gasteiger partial charge in [0.15, 0.2) is 6.61 Å². The van der Waals surface area contributed by atoms with Gasteiger partial charge in [-0.25, -0.2) is 0 Å². The molecule has 0 unspecified atom stereocenters. The first kappa shape index (κ1) is 14.1. The summed E-state index contributed by atoms with van der Waals surface area (Å²) in [5.74, 6) is 0.663. The fourth-order valence-corrected chi connectivity index (χ4v) is 3.20. The van der Waals surface area contributed by atoms with Crippen LogP contribution in [-0.2, 0) is 0 Å². The first-order valence-corrected chi connectivity index (χ1v) is 7.78. The van der Waals surface area contributed by atoms with Gasteiger partial charge in [0, 0.05) is 26.1 Å². The molecule has 21 heavy (non-hydrogen) atoms. The second-order valence-corrected chi connectivity index (χ2v) is 6.16. The highest BCUT2D eigenvalue weighted by atomic mass is 35.5.